The summed E-state index contributed by atoms with van der Waals surface area (Å²) in [5.41, 5.74) is 2.13. The van der Waals surface area contributed by atoms with Gasteiger partial charge in [0.05, 0.1) is 17.7 Å². The maximum atomic E-state index is 12.7. The molecule has 0 aliphatic carbocycles. The second-order valence-corrected chi connectivity index (χ2v) is 7.46. The van der Waals surface area contributed by atoms with Crippen LogP contribution in [0.3, 0.4) is 0 Å². The molecule has 8 heteroatoms. The van der Waals surface area contributed by atoms with E-state index in [1.807, 2.05) is 30.3 Å². The number of nitrogens with one attached hydrogen (secondary N) is 1. The van der Waals surface area contributed by atoms with Gasteiger partial charge in [0.25, 0.3) is 0 Å². The molecule has 0 atom stereocenters. The molecule has 4 rings (SSSR count). The van der Waals surface area contributed by atoms with E-state index in [-0.39, 0.29) is 18.7 Å². The Bertz CT molecular complexity index is 1270. The van der Waals surface area contributed by atoms with Crippen molar-refractivity contribution in [3.63, 3.8) is 0 Å². The normalized spacial score (nSPS) is 10.8. The van der Waals surface area contributed by atoms with Gasteiger partial charge in [-0.15, -0.1) is 11.3 Å². The van der Waals surface area contributed by atoms with Gasteiger partial charge in [0.15, 0.2) is 5.58 Å². The van der Waals surface area contributed by atoms with Crippen molar-refractivity contribution in [2.75, 3.05) is 11.9 Å². The number of hydrogen-bond donors (Lipinski definition) is 1. The van der Waals surface area contributed by atoms with Crippen LogP contribution in [0.5, 0.6) is 0 Å². The molecule has 1 N–H and O–H groups in total. The Kier molecular flexibility index (Phi) is 5.49. The van der Waals surface area contributed by atoms with Gasteiger partial charge < -0.3 is 14.5 Å². The maximum Gasteiger partial charge on any atom is 0.420 e. The van der Waals surface area contributed by atoms with Crippen molar-refractivity contribution in [3.05, 3.63) is 76.8 Å². The summed E-state index contributed by atoms with van der Waals surface area (Å²) in [6, 6.07) is 18.1. The van der Waals surface area contributed by atoms with Gasteiger partial charge in [0, 0.05) is 4.88 Å². The lowest BCUT2D eigenvalue weighted by atomic mass is 10.1. The SMILES string of the molecule is CCOC(=O)c1cc(-c2ccccc2)sc1NC(=O)Cn1c(=O)oc2ccccc21. The second-order valence-electron chi connectivity index (χ2n) is 6.41. The fraction of sp³-hybridized carbons (Fsp3) is 0.136. The van der Waals surface area contributed by atoms with E-state index in [0.717, 1.165) is 10.4 Å². The predicted octanol–water partition coefficient (Wildman–Crippen LogP) is 4.14. The van der Waals surface area contributed by atoms with Crippen LogP contribution < -0.4 is 11.1 Å². The minimum absolute atomic E-state index is 0.221. The van der Waals surface area contributed by atoms with E-state index in [4.69, 9.17) is 9.15 Å². The first kappa shape index (κ1) is 19.7. The molecule has 4 aromatic rings. The minimum atomic E-state index is -0.617. The molecule has 0 aliphatic rings. The quantitative estimate of drug-likeness (QED) is 0.472. The average molecular weight is 422 g/mol. The van der Waals surface area contributed by atoms with Crippen molar-refractivity contribution in [2.24, 2.45) is 0 Å². The highest BCUT2D eigenvalue weighted by Gasteiger charge is 2.21. The molecule has 0 aliphatic heterocycles. The molecule has 0 saturated carbocycles. The Balaban J connectivity index is 1.63. The highest BCUT2D eigenvalue weighted by molar-refractivity contribution is 7.20. The Morgan fingerprint density at radius 3 is 2.60 bits per heavy atom. The highest BCUT2D eigenvalue weighted by Crippen LogP contribution is 2.36. The van der Waals surface area contributed by atoms with Crippen molar-refractivity contribution in [1.82, 2.24) is 4.57 Å². The van der Waals surface area contributed by atoms with E-state index < -0.39 is 17.6 Å². The number of oxazole rings is 1. The van der Waals surface area contributed by atoms with Gasteiger partial charge >= 0.3 is 11.7 Å². The number of nitrogens with zero attached hydrogens (tertiary/aromatic N) is 1. The molecule has 0 radical (unpaired) electrons. The van der Waals surface area contributed by atoms with Gasteiger partial charge in [-0.05, 0) is 30.7 Å². The molecule has 0 unspecified atom stereocenters. The lowest BCUT2D eigenvalue weighted by Crippen LogP contribution is -2.25. The molecule has 0 saturated heterocycles. The number of esters is 1. The largest absolute Gasteiger partial charge is 0.462 e. The van der Waals surface area contributed by atoms with Crippen LogP contribution in [0.2, 0.25) is 0 Å². The van der Waals surface area contributed by atoms with Crippen LogP contribution >= 0.6 is 11.3 Å². The zero-order valence-corrected chi connectivity index (χ0v) is 16.9. The van der Waals surface area contributed by atoms with E-state index in [0.29, 0.717) is 16.1 Å². The first-order valence-corrected chi connectivity index (χ1v) is 10.1. The molecule has 2 heterocycles. The number of aromatic nitrogens is 1. The number of anilines is 1. The van der Waals surface area contributed by atoms with Crippen LogP contribution in [-0.2, 0) is 16.1 Å². The van der Waals surface area contributed by atoms with Crippen molar-refractivity contribution >= 4 is 39.3 Å². The summed E-state index contributed by atoms with van der Waals surface area (Å²) in [5, 5.41) is 3.12. The summed E-state index contributed by atoms with van der Waals surface area (Å²) in [6.07, 6.45) is 0. The second kappa shape index (κ2) is 8.38. The Morgan fingerprint density at radius 2 is 1.83 bits per heavy atom. The third kappa shape index (κ3) is 3.90. The lowest BCUT2D eigenvalue weighted by Gasteiger charge is -2.06. The van der Waals surface area contributed by atoms with Crippen LogP contribution in [0.4, 0.5) is 5.00 Å². The number of carbonyl (C=O) groups excluding carboxylic acids is 2. The Morgan fingerprint density at radius 1 is 1.10 bits per heavy atom. The summed E-state index contributed by atoms with van der Waals surface area (Å²) in [5.74, 6) is -1.58. The number of amides is 1. The number of hydrogen-bond acceptors (Lipinski definition) is 6. The first-order chi connectivity index (χ1) is 14.6. The predicted molar refractivity (Wildman–Crippen MR) is 115 cm³/mol. The summed E-state index contributed by atoms with van der Waals surface area (Å²) in [6.45, 7) is 1.70. The summed E-state index contributed by atoms with van der Waals surface area (Å²) in [4.78, 5) is 38.0. The van der Waals surface area contributed by atoms with Gasteiger partial charge in [-0.25, -0.2) is 9.59 Å². The van der Waals surface area contributed by atoms with Crippen LogP contribution in [-0.4, -0.2) is 23.1 Å². The third-order valence-electron chi connectivity index (χ3n) is 4.41. The molecular weight excluding hydrogens is 404 g/mol. The molecule has 0 fully saturated rings. The minimum Gasteiger partial charge on any atom is -0.462 e. The van der Waals surface area contributed by atoms with Crippen LogP contribution in [0.1, 0.15) is 17.3 Å². The zero-order chi connectivity index (χ0) is 21.1. The fourth-order valence-corrected chi connectivity index (χ4v) is 4.13. The topological polar surface area (TPSA) is 90.5 Å². The molecule has 1 amide bonds. The van der Waals surface area contributed by atoms with Gasteiger partial charge in [0.1, 0.15) is 11.5 Å². The summed E-state index contributed by atoms with van der Waals surface area (Å²) in [7, 11) is 0. The van der Waals surface area contributed by atoms with Crippen LogP contribution in [0.15, 0.2) is 69.9 Å². The van der Waals surface area contributed by atoms with Gasteiger partial charge in [0.2, 0.25) is 5.91 Å². The first-order valence-electron chi connectivity index (χ1n) is 9.31. The van der Waals surface area contributed by atoms with E-state index in [2.05, 4.69) is 5.32 Å². The standard InChI is InChI=1S/C22H18N2O5S/c1-2-28-21(26)15-12-18(14-8-4-3-5-9-14)30-20(15)23-19(25)13-24-16-10-6-7-11-17(16)29-22(24)27/h3-12H,2,13H2,1H3,(H,23,25). The maximum absolute atomic E-state index is 12.7. The lowest BCUT2D eigenvalue weighted by molar-refractivity contribution is -0.116. The van der Waals surface area contributed by atoms with E-state index in [9.17, 15) is 14.4 Å². The van der Waals surface area contributed by atoms with E-state index in [1.165, 1.54) is 15.9 Å². The molecule has 2 aromatic heterocycles. The zero-order valence-electron chi connectivity index (χ0n) is 16.1. The number of para-hydroxylation sites is 2. The van der Waals surface area contributed by atoms with Crippen LogP contribution in [0.25, 0.3) is 21.5 Å². The molecule has 7 nitrogen and oxygen atoms in total. The number of ether oxygens (including phenoxy) is 1. The Hall–Kier alpha value is -3.65. The number of thiophene rings is 1. The summed E-state index contributed by atoms with van der Waals surface area (Å²) < 4.78 is 11.5. The van der Waals surface area contributed by atoms with Crippen molar-refractivity contribution in [1.29, 1.82) is 0 Å². The molecule has 30 heavy (non-hydrogen) atoms. The van der Waals surface area contributed by atoms with Crippen molar-refractivity contribution in [2.45, 2.75) is 13.5 Å². The molecule has 152 valence electrons. The third-order valence-corrected chi connectivity index (χ3v) is 5.51. The number of benzene rings is 2. The highest BCUT2D eigenvalue weighted by atomic mass is 32.1. The van der Waals surface area contributed by atoms with E-state index >= 15 is 0 Å². The van der Waals surface area contributed by atoms with Crippen molar-refractivity contribution < 1.29 is 18.7 Å². The number of fused-ring (bicyclic) bond motifs is 1. The monoisotopic (exact) mass is 422 g/mol. The van der Waals surface area contributed by atoms with E-state index in [1.54, 1.807) is 37.3 Å². The average Bonchev–Trinajstić information content (AvgIpc) is 3.30. The van der Waals surface area contributed by atoms with Crippen molar-refractivity contribution in [3.8, 4) is 10.4 Å². The number of rotatable bonds is 6. The molecule has 0 spiro atoms. The molecule has 0 bridgehead atoms. The molecule has 2 aromatic carbocycles. The smallest absolute Gasteiger partial charge is 0.420 e. The summed E-state index contributed by atoms with van der Waals surface area (Å²) >= 11 is 1.27. The molecular formula is C22H18N2O5S. The van der Waals surface area contributed by atoms with Crippen LogP contribution in [0, 0.1) is 0 Å². The van der Waals surface area contributed by atoms with Gasteiger partial charge in [-0.2, -0.15) is 0 Å². The fourth-order valence-electron chi connectivity index (χ4n) is 3.06. The number of carbonyl (C=O) groups is 2. The Labute approximate surface area is 175 Å². The van der Waals surface area contributed by atoms with Gasteiger partial charge in [-0.3, -0.25) is 9.36 Å². The van der Waals surface area contributed by atoms with Gasteiger partial charge in [-0.1, -0.05) is 42.5 Å².